The highest BCUT2D eigenvalue weighted by Gasteiger charge is 2.43. The fourth-order valence-electron chi connectivity index (χ4n) is 4.73. The lowest BCUT2D eigenvalue weighted by atomic mass is 9.93. The molecule has 24 heavy (non-hydrogen) atoms. The van der Waals surface area contributed by atoms with Gasteiger partial charge in [-0.3, -0.25) is 0 Å². The Kier molecular flexibility index (Phi) is 10.7. The Morgan fingerprint density at radius 3 is 1.38 bits per heavy atom. The highest BCUT2D eigenvalue weighted by atomic mass is 28.4. The van der Waals surface area contributed by atoms with Gasteiger partial charge in [0.25, 0.3) is 0 Å². The maximum atomic E-state index is 11.1. The lowest BCUT2D eigenvalue weighted by Gasteiger charge is -2.44. The van der Waals surface area contributed by atoms with Gasteiger partial charge in [-0.1, -0.05) is 108 Å². The molecule has 0 radical (unpaired) electrons. The van der Waals surface area contributed by atoms with E-state index in [1.165, 1.54) is 36.3 Å². The summed E-state index contributed by atoms with van der Waals surface area (Å²) in [4.78, 5) is 1.79. The molecule has 1 N–H and O–H groups in total. The molecule has 3 heteroatoms. The van der Waals surface area contributed by atoms with E-state index in [0.717, 1.165) is 12.0 Å². The predicted molar refractivity (Wildman–Crippen MR) is 117 cm³/mol. The molecule has 0 aliphatic rings. The van der Waals surface area contributed by atoms with Gasteiger partial charge in [0.1, 0.15) is 0 Å². The van der Waals surface area contributed by atoms with E-state index in [2.05, 4.69) is 68.0 Å². The largest absolute Gasteiger partial charge is 0.388 e. The third-order valence-electron chi connectivity index (χ3n) is 7.03. The lowest BCUT2D eigenvalue weighted by molar-refractivity contribution is 0.168. The Morgan fingerprint density at radius 2 is 1.17 bits per heavy atom. The predicted octanol–water partition coefficient (Wildman–Crippen LogP) is 6.97. The zero-order valence-corrected chi connectivity index (χ0v) is 19.8. The Balaban J connectivity index is 6.33. The van der Waals surface area contributed by atoms with E-state index in [4.69, 9.17) is 0 Å². The lowest BCUT2D eigenvalue weighted by Crippen LogP contribution is -2.50. The monoisotopic (exact) mass is 368 g/mol. The molecule has 0 saturated carbocycles. The van der Waals surface area contributed by atoms with E-state index in [0.29, 0.717) is 0 Å². The van der Waals surface area contributed by atoms with Gasteiger partial charge in [0, 0.05) is 5.92 Å². The zero-order valence-electron chi connectivity index (χ0n) is 17.8. The van der Waals surface area contributed by atoms with Crippen molar-refractivity contribution in [3.63, 3.8) is 0 Å². The molecule has 1 nitrogen and oxygen atoms in total. The van der Waals surface area contributed by atoms with Gasteiger partial charge in [-0.2, -0.15) is 0 Å². The average molecular weight is 369 g/mol. The first-order chi connectivity index (χ1) is 11.3. The molecule has 0 aromatic heterocycles. The van der Waals surface area contributed by atoms with Gasteiger partial charge >= 0.3 is 0 Å². The van der Waals surface area contributed by atoms with E-state index in [1.807, 2.05) is 0 Å². The van der Waals surface area contributed by atoms with Crippen molar-refractivity contribution >= 4 is 16.1 Å². The van der Waals surface area contributed by atoms with E-state index >= 15 is 0 Å². The molecule has 0 bridgehead atoms. The van der Waals surface area contributed by atoms with Crippen LogP contribution in [0.3, 0.4) is 0 Å². The summed E-state index contributed by atoms with van der Waals surface area (Å²) >= 11 is 0. The van der Waals surface area contributed by atoms with Crippen molar-refractivity contribution in [3.8, 4) is 0 Å². The molecule has 0 saturated heterocycles. The van der Waals surface area contributed by atoms with Gasteiger partial charge in [-0.25, -0.2) is 0 Å². The number of aliphatic hydroxyl groups excluding tert-OH is 1. The average Bonchev–Trinajstić information content (AvgIpc) is 2.59. The summed E-state index contributed by atoms with van der Waals surface area (Å²) in [7, 11) is -2.94. The molecule has 0 aromatic carbocycles. The smallest absolute Gasteiger partial charge is 0.0781 e. The third kappa shape index (κ3) is 4.95. The Morgan fingerprint density at radius 1 is 0.833 bits per heavy atom. The van der Waals surface area contributed by atoms with Crippen LogP contribution in [0, 0.1) is 5.92 Å². The number of rotatable bonds is 12. The minimum Gasteiger partial charge on any atom is -0.388 e. The summed E-state index contributed by atoms with van der Waals surface area (Å²) in [6, 6.07) is 7.90. The number of hydrogen-bond acceptors (Lipinski definition) is 1. The van der Waals surface area contributed by atoms with Crippen LogP contribution in [0.4, 0.5) is 0 Å². The minimum atomic E-state index is -1.47. The van der Waals surface area contributed by atoms with Crippen LogP contribution in [-0.4, -0.2) is 27.4 Å². The van der Waals surface area contributed by atoms with Crippen molar-refractivity contribution in [1.82, 2.24) is 0 Å². The molecule has 0 heterocycles. The summed E-state index contributed by atoms with van der Waals surface area (Å²) < 4.78 is 0. The van der Waals surface area contributed by atoms with Crippen molar-refractivity contribution in [2.24, 2.45) is 5.92 Å². The van der Waals surface area contributed by atoms with Crippen LogP contribution in [0.1, 0.15) is 61.8 Å². The first-order valence-corrected chi connectivity index (χ1v) is 15.6. The molecular weight excluding hydrogens is 324 g/mol. The van der Waals surface area contributed by atoms with Crippen LogP contribution < -0.4 is 0 Å². The van der Waals surface area contributed by atoms with Crippen LogP contribution in [0.15, 0.2) is 23.0 Å². The summed E-state index contributed by atoms with van der Waals surface area (Å²) in [5.41, 5.74) is 1.12. The second-order valence-electron chi connectivity index (χ2n) is 7.61. The van der Waals surface area contributed by atoms with Crippen LogP contribution in [0.5, 0.6) is 0 Å². The molecule has 0 unspecified atom stereocenters. The maximum absolute atomic E-state index is 11.1. The Bertz CT molecular complexity index is 368. The van der Waals surface area contributed by atoms with E-state index < -0.39 is 16.1 Å². The molecule has 0 aromatic rings. The van der Waals surface area contributed by atoms with Gasteiger partial charge < -0.3 is 5.11 Å². The normalized spacial score (nSPS) is 15.0. The molecule has 0 aliphatic carbocycles. The summed E-state index contributed by atoms with van der Waals surface area (Å²) in [6.45, 7) is 22.8. The van der Waals surface area contributed by atoms with Crippen LogP contribution >= 0.6 is 0 Å². The van der Waals surface area contributed by atoms with Crippen LogP contribution in [-0.2, 0) is 0 Å². The highest BCUT2D eigenvalue weighted by Crippen LogP contribution is 2.41. The molecule has 2 atom stereocenters. The maximum Gasteiger partial charge on any atom is 0.0781 e. The van der Waals surface area contributed by atoms with Gasteiger partial charge in [-0.05, 0) is 13.3 Å². The van der Waals surface area contributed by atoms with Crippen LogP contribution in [0.2, 0.25) is 36.3 Å². The number of hydrogen-bond donors (Lipinski definition) is 1. The van der Waals surface area contributed by atoms with Gasteiger partial charge in [0.15, 0.2) is 0 Å². The van der Waals surface area contributed by atoms with Gasteiger partial charge in [0.2, 0.25) is 0 Å². The fourth-order valence-corrected chi connectivity index (χ4v) is 18.7. The Hall–Kier alpha value is -0.126. The SMILES string of the molecule is C=C(C)[C@@H](CC)[C@@H](O)C=C([Si](CC)(CC)CC)[Si](CC)(CC)CC. The quantitative estimate of drug-likeness (QED) is 0.291. The molecule has 142 valence electrons. The summed E-state index contributed by atoms with van der Waals surface area (Å²) in [5, 5.41) is 11.1. The summed E-state index contributed by atoms with van der Waals surface area (Å²) in [6.07, 6.45) is 2.99. The zero-order chi connectivity index (χ0) is 19.0. The van der Waals surface area contributed by atoms with Gasteiger partial charge in [-0.15, -0.1) is 0 Å². The first-order valence-electron chi connectivity index (χ1n) is 10.3. The number of aliphatic hydroxyl groups is 1. The van der Waals surface area contributed by atoms with E-state index in [9.17, 15) is 5.11 Å². The van der Waals surface area contributed by atoms with E-state index in [-0.39, 0.29) is 12.0 Å². The van der Waals surface area contributed by atoms with Crippen molar-refractivity contribution in [3.05, 3.63) is 23.0 Å². The molecule has 0 spiro atoms. The molecule has 0 fully saturated rings. The Labute approximate surface area is 154 Å². The highest BCUT2D eigenvalue weighted by molar-refractivity contribution is 7.07. The molecular formula is C21H44OSi2. The molecule has 0 aliphatic heterocycles. The third-order valence-corrected chi connectivity index (χ3v) is 20.9. The minimum absolute atomic E-state index is 0.203. The first kappa shape index (κ1) is 23.9. The van der Waals surface area contributed by atoms with Crippen molar-refractivity contribution in [1.29, 1.82) is 0 Å². The van der Waals surface area contributed by atoms with E-state index in [1.54, 1.807) is 4.82 Å². The summed E-state index contributed by atoms with van der Waals surface area (Å²) in [5.74, 6) is 0.203. The second-order valence-corrected chi connectivity index (χ2v) is 18.6. The standard InChI is InChI=1S/C21H44OSi2/c1-10-19(18(8)9)20(22)17-21(23(11-2,12-3)13-4)24(14-5,15-6)16-7/h17,19-20,22H,8,10-16H2,1-7,9H3/t19-,20+/m1/s1. The van der Waals surface area contributed by atoms with Crippen molar-refractivity contribution in [2.45, 2.75) is 104 Å². The van der Waals surface area contributed by atoms with Crippen molar-refractivity contribution in [2.75, 3.05) is 0 Å². The fraction of sp³-hybridized carbons (Fsp3) is 0.810. The van der Waals surface area contributed by atoms with Gasteiger partial charge in [0.05, 0.1) is 22.3 Å². The van der Waals surface area contributed by atoms with Crippen LogP contribution in [0.25, 0.3) is 0 Å². The second kappa shape index (κ2) is 10.8. The van der Waals surface area contributed by atoms with Crippen molar-refractivity contribution < 1.29 is 5.11 Å². The molecule has 0 amide bonds. The topological polar surface area (TPSA) is 20.2 Å². The molecule has 0 rings (SSSR count).